The van der Waals surface area contributed by atoms with Gasteiger partial charge in [-0.15, -0.1) is 0 Å². The summed E-state index contributed by atoms with van der Waals surface area (Å²) in [5.41, 5.74) is 2.01. The number of anilines is 1. The van der Waals surface area contributed by atoms with Gasteiger partial charge in [0.05, 0.1) is 11.2 Å². The Labute approximate surface area is 121 Å². The van der Waals surface area contributed by atoms with Crippen LogP contribution in [-0.2, 0) is 14.1 Å². The van der Waals surface area contributed by atoms with Crippen LogP contribution in [-0.4, -0.2) is 24.2 Å². The summed E-state index contributed by atoms with van der Waals surface area (Å²) in [4.78, 5) is 11.2. The van der Waals surface area contributed by atoms with E-state index >= 15 is 0 Å². The molecular formula is C15H22BNO3. The maximum atomic E-state index is 11.2. The second-order valence-corrected chi connectivity index (χ2v) is 6.40. The lowest BCUT2D eigenvalue weighted by Crippen LogP contribution is -2.41. The van der Waals surface area contributed by atoms with E-state index in [1.807, 2.05) is 52.8 Å². The van der Waals surface area contributed by atoms with Crippen molar-refractivity contribution < 1.29 is 14.1 Å². The first-order valence-corrected chi connectivity index (χ1v) is 6.85. The summed E-state index contributed by atoms with van der Waals surface area (Å²) in [6, 6.07) is 5.85. The highest BCUT2D eigenvalue weighted by atomic mass is 16.7. The fourth-order valence-corrected chi connectivity index (χ4v) is 2.20. The lowest BCUT2D eigenvalue weighted by atomic mass is 9.78. The number of aryl methyl sites for hydroxylation is 1. The van der Waals surface area contributed by atoms with E-state index in [-0.39, 0.29) is 17.1 Å². The Bertz CT molecular complexity index is 524. The minimum Gasteiger partial charge on any atom is -0.399 e. The van der Waals surface area contributed by atoms with Crippen LogP contribution in [0.3, 0.4) is 0 Å². The molecule has 5 heteroatoms. The molecule has 1 amide bonds. The Balaban J connectivity index is 2.30. The van der Waals surface area contributed by atoms with E-state index < -0.39 is 7.12 Å². The summed E-state index contributed by atoms with van der Waals surface area (Å²) >= 11 is 0. The number of carbonyl (C=O) groups is 1. The highest BCUT2D eigenvalue weighted by molar-refractivity contribution is 6.62. The van der Waals surface area contributed by atoms with Gasteiger partial charge >= 0.3 is 7.12 Å². The third-order valence-electron chi connectivity index (χ3n) is 3.95. The molecule has 0 saturated carbocycles. The molecule has 1 saturated heterocycles. The van der Waals surface area contributed by atoms with E-state index in [1.165, 1.54) is 6.92 Å². The zero-order chi connectivity index (χ0) is 15.1. The maximum absolute atomic E-state index is 11.2. The molecule has 1 aliphatic rings. The molecule has 0 bridgehead atoms. The standard InChI is InChI=1S/C15H22BNO3/c1-10-7-12(9-13(8-10)17-11(2)18)16-19-14(3,4)15(5,6)20-16/h7-9H,1-6H3,(H,17,18). The van der Waals surface area contributed by atoms with Crippen LogP contribution in [0.1, 0.15) is 40.2 Å². The predicted molar refractivity (Wildman–Crippen MR) is 81.2 cm³/mol. The maximum Gasteiger partial charge on any atom is 0.494 e. The van der Waals surface area contributed by atoms with Crippen LogP contribution in [0.2, 0.25) is 0 Å². The van der Waals surface area contributed by atoms with E-state index in [2.05, 4.69) is 5.32 Å². The number of amides is 1. The Morgan fingerprint density at radius 1 is 1.10 bits per heavy atom. The number of carbonyl (C=O) groups excluding carboxylic acids is 1. The van der Waals surface area contributed by atoms with Gasteiger partial charge in [-0.2, -0.15) is 0 Å². The second kappa shape index (κ2) is 4.90. The highest BCUT2D eigenvalue weighted by Crippen LogP contribution is 2.36. The normalized spacial score (nSPS) is 20.0. The lowest BCUT2D eigenvalue weighted by Gasteiger charge is -2.32. The number of nitrogens with one attached hydrogen (secondary N) is 1. The Hall–Kier alpha value is -1.33. The molecule has 108 valence electrons. The average Bonchev–Trinajstić information content (AvgIpc) is 2.46. The fraction of sp³-hybridized carbons (Fsp3) is 0.533. The molecule has 2 rings (SSSR count). The van der Waals surface area contributed by atoms with E-state index in [4.69, 9.17) is 9.31 Å². The molecule has 1 fully saturated rings. The molecule has 1 heterocycles. The van der Waals surface area contributed by atoms with Crippen LogP contribution < -0.4 is 10.8 Å². The molecule has 0 atom stereocenters. The first-order chi connectivity index (χ1) is 9.10. The van der Waals surface area contributed by atoms with Gasteiger partial charge in [0.2, 0.25) is 5.91 Å². The van der Waals surface area contributed by atoms with Gasteiger partial charge in [-0.1, -0.05) is 6.07 Å². The van der Waals surface area contributed by atoms with Crippen LogP contribution in [0.25, 0.3) is 0 Å². The Morgan fingerprint density at radius 2 is 1.65 bits per heavy atom. The van der Waals surface area contributed by atoms with Crippen molar-refractivity contribution in [2.75, 3.05) is 5.32 Å². The first kappa shape index (κ1) is 15.1. The number of hydrogen-bond donors (Lipinski definition) is 1. The molecule has 0 aromatic heterocycles. The molecule has 0 aliphatic carbocycles. The molecule has 20 heavy (non-hydrogen) atoms. The van der Waals surface area contributed by atoms with Crippen LogP contribution >= 0.6 is 0 Å². The highest BCUT2D eigenvalue weighted by Gasteiger charge is 2.51. The van der Waals surface area contributed by atoms with Crippen molar-refractivity contribution in [1.29, 1.82) is 0 Å². The molecule has 0 spiro atoms. The van der Waals surface area contributed by atoms with Crippen molar-refractivity contribution in [3.05, 3.63) is 23.8 Å². The second-order valence-electron chi connectivity index (χ2n) is 6.40. The zero-order valence-corrected chi connectivity index (χ0v) is 13.0. The largest absolute Gasteiger partial charge is 0.494 e. The smallest absolute Gasteiger partial charge is 0.399 e. The van der Waals surface area contributed by atoms with Crippen LogP contribution in [0.5, 0.6) is 0 Å². The van der Waals surface area contributed by atoms with Gasteiger partial charge in [0.1, 0.15) is 0 Å². The molecule has 4 nitrogen and oxygen atoms in total. The molecule has 1 N–H and O–H groups in total. The quantitative estimate of drug-likeness (QED) is 0.842. The number of hydrogen-bond acceptors (Lipinski definition) is 3. The van der Waals surface area contributed by atoms with Gasteiger partial charge in [0.25, 0.3) is 0 Å². The van der Waals surface area contributed by atoms with Gasteiger partial charge in [-0.25, -0.2) is 0 Å². The third kappa shape index (κ3) is 2.89. The molecule has 0 radical (unpaired) electrons. The van der Waals surface area contributed by atoms with Gasteiger partial charge < -0.3 is 14.6 Å². The van der Waals surface area contributed by atoms with Crippen molar-refractivity contribution in [2.45, 2.75) is 52.7 Å². The topological polar surface area (TPSA) is 47.6 Å². The van der Waals surface area contributed by atoms with Crippen LogP contribution in [0.15, 0.2) is 18.2 Å². The molecule has 1 aliphatic heterocycles. The SMILES string of the molecule is CC(=O)Nc1cc(C)cc(B2OC(C)(C)C(C)(C)O2)c1. The summed E-state index contributed by atoms with van der Waals surface area (Å²) < 4.78 is 12.1. The fourth-order valence-electron chi connectivity index (χ4n) is 2.20. The van der Waals surface area contributed by atoms with Crippen molar-refractivity contribution in [3.8, 4) is 0 Å². The zero-order valence-electron chi connectivity index (χ0n) is 13.0. The van der Waals surface area contributed by atoms with Gasteiger partial charge in [0, 0.05) is 12.6 Å². The van der Waals surface area contributed by atoms with Crippen LogP contribution in [0, 0.1) is 6.92 Å². The summed E-state index contributed by atoms with van der Waals surface area (Å²) in [5, 5.41) is 2.80. The van der Waals surface area contributed by atoms with E-state index in [1.54, 1.807) is 0 Å². The van der Waals surface area contributed by atoms with Crippen molar-refractivity contribution in [3.63, 3.8) is 0 Å². The molecule has 1 aromatic carbocycles. The monoisotopic (exact) mass is 275 g/mol. The summed E-state index contributed by atoms with van der Waals surface area (Å²) in [6.07, 6.45) is 0. The Morgan fingerprint density at radius 3 is 2.15 bits per heavy atom. The first-order valence-electron chi connectivity index (χ1n) is 6.85. The molecular weight excluding hydrogens is 253 g/mol. The third-order valence-corrected chi connectivity index (χ3v) is 3.95. The average molecular weight is 275 g/mol. The summed E-state index contributed by atoms with van der Waals surface area (Å²) in [7, 11) is -0.410. The van der Waals surface area contributed by atoms with Gasteiger partial charge in [-0.3, -0.25) is 4.79 Å². The van der Waals surface area contributed by atoms with Gasteiger partial charge in [-0.05, 0) is 57.8 Å². The van der Waals surface area contributed by atoms with E-state index in [0.717, 1.165) is 16.7 Å². The van der Waals surface area contributed by atoms with Crippen molar-refractivity contribution in [2.24, 2.45) is 0 Å². The van der Waals surface area contributed by atoms with E-state index in [9.17, 15) is 4.79 Å². The van der Waals surface area contributed by atoms with Gasteiger partial charge in [0.15, 0.2) is 0 Å². The number of benzene rings is 1. The summed E-state index contributed by atoms with van der Waals surface area (Å²) in [5.74, 6) is -0.0875. The van der Waals surface area contributed by atoms with Crippen LogP contribution in [0.4, 0.5) is 5.69 Å². The molecule has 1 aromatic rings. The predicted octanol–water partition coefficient (Wildman–Crippen LogP) is 2.25. The van der Waals surface area contributed by atoms with Crippen molar-refractivity contribution in [1.82, 2.24) is 0 Å². The number of rotatable bonds is 2. The Kier molecular flexibility index (Phi) is 3.69. The lowest BCUT2D eigenvalue weighted by molar-refractivity contribution is -0.114. The van der Waals surface area contributed by atoms with E-state index in [0.29, 0.717) is 0 Å². The summed E-state index contributed by atoms with van der Waals surface area (Å²) in [6.45, 7) is 11.6. The molecule has 0 unspecified atom stereocenters. The minimum absolute atomic E-state index is 0.0875. The minimum atomic E-state index is -0.410. The van der Waals surface area contributed by atoms with Crippen molar-refractivity contribution >= 4 is 24.2 Å².